The zero-order valence-corrected chi connectivity index (χ0v) is 9.34. The largest absolute Gasteiger partial charge is 0.466 e. The van der Waals surface area contributed by atoms with E-state index < -0.39 is 17.5 Å². The van der Waals surface area contributed by atoms with Crippen LogP contribution in [0.15, 0.2) is 0 Å². The molecule has 14 heavy (non-hydrogen) atoms. The third kappa shape index (κ3) is 5.80. The molecule has 0 saturated heterocycles. The molecule has 0 aromatic heterocycles. The van der Waals surface area contributed by atoms with Crippen molar-refractivity contribution in [2.45, 2.75) is 38.7 Å². The van der Waals surface area contributed by atoms with Crippen molar-refractivity contribution in [3.05, 3.63) is 0 Å². The van der Waals surface area contributed by atoms with E-state index in [1.807, 2.05) is 0 Å². The molecule has 0 saturated carbocycles. The number of hydrogen-bond donors (Lipinski definition) is 0. The van der Waals surface area contributed by atoms with Crippen molar-refractivity contribution < 1.29 is 19.1 Å². The first-order valence-electron chi connectivity index (χ1n) is 4.44. The van der Waals surface area contributed by atoms with Crippen LogP contribution in [0.1, 0.15) is 27.2 Å². The molecule has 0 aromatic carbocycles. The van der Waals surface area contributed by atoms with Gasteiger partial charge in [-0.3, -0.25) is 9.59 Å². The Hall–Kier alpha value is -0.770. The number of halogens is 1. The Morgan fingerprint density at radius 3 is 2.43 bits per heavy atom. The maximum Gasteiger partial charge on any atom is 0.307 e. The SMILES string of the molecule is CCOC(=O)C[C@@H](Cl)[C@@H](C)OC(C)=O. The van der Waals surface area contributed by atoms with Gasteiger partial charge in [-0.2, -0.15) is 0 Å². The maximum absolute atomic E-state index is 11.0. The van der Waals surface area contributed by atoms with Gasteiger partial charge in [0.1, 0.15) is 6.10 Å². The van der Waals surface area contributed by atoms with E-state index in [4.69, 9.17) is 21.1 Å². The molecule has 0 unspecified atom stereocenters. The Morgan fingerprint density at radius 1 is 1.43 bits per heavy atom. The Bertz CT molecular complexity index is 205. The quantitative estimate of drug-likeness (QED) is 0.523. The van der Waals surface area contributed by atoms with Crippen molar-refractivity contribution in [3.63, 3.8) is 0 Å². The molecular formula is C9H15ClO4. The van der Waals surface area contributed by atoms with Crippen molar-refractivity contribution in [2.24, 2.45) is 0 Å². The topological polar surface area (TPSA) is 52.6 Å². The Morgan fingerprint density at radius 2 is 2.00 bits per heavy atom. The minimum absolute atomic E-state index is 0.0455. The first-order chi connectivity index (χ1) is 6.47. The summed E-state index contributed by atoms with van der Waals surface area (Å²) >= 11 is 5.83. The molecule has 2 atom stereocenters. The summed E-state index contributed by atoms with van der Waals surface area (Å²) < 4.78 is 9.52. The molecule has 0 heterocycles. The number of ether oxygens (including phenoxy) is 2. The fraction of sp³-hybridized carbons (Fsp3) is 0.778. The average Bonchev–Trinajstić information content (AvgIpc) is 2.02. The van der Waals surface area contributed by atoms with Gasteiger partial charge in [0.15, 0.2) is 0 Å². The highest BCUT2D eigenvalue weighted by molar-refractivity contribution is 6.22. The summed E-state index contributed by atoms with van der Waals surface area (Å²) in [5.74, 6) is -0.793. The summed E-state index contributed by atoms with van der Waals surface area (Å²) in [7, 11) is 0. The van der Waals surface area contributed by atoms with Crippen LogP contribution in [0.2, 0.25) is 0 Å². The van der Waals surface area contributed by atoms with Gasteiger partial charge in [-0.05, 0) is 13.8 Å². The smallest absolute Gasteiger partial charge is 0.307 e. The fourth-order valence-corrected chi connectivity index (χ4v) is 1.06. The van der Waals surface area contributed by atoms with Crippen molar-refractivity contribution in [2.75, 3.05) is 6.61 Å². The number of esters is 2. The van der Waals surface area contributed by atoms with E-state index in [2.05, 4.69) is 0 Å². The summed E-state index contributed by atoms with van der Waals surface area (Å²) in [6.07, 6.45) is -0.442. The minimum Gasteiger partial charge on any atom is -0.466 e. The number of carbonyl (C=O) groups excluding carboxylic acids is 2. The zero-order chi connectivity index (χ0) is 11.1. The van der Waals surface area contributed by atoms with Gasteiger partial charge in [-0.1, -0.05) is 0 Å². The molecule has 0 rings (SSSR count). The Balaban J connectivity index is 3.87. The highest BCUT2D eigenvalue weighted by atomic mass is 35.5. The van der Waals surface area contributed by atoms with Gasteiger partial charge < -0.3 is 9.47 Å². The Labute approximate surface area is 88.5 Å². The van der Waals surface area contributed by atoms with Gasteiger partial charge in [-0.25, -0.2) is 0 Å². The van der Waals surface area contributed by atoms with Gasteiger partial charge in [0.05, 0.1) is 18.4 Å². The van der Waals surface area contributed by atoms with Crippen LogP contribution < -0.4 is 0 Å². The predicted octanol–water partition coefficient (Wildman–Crippen LogP) is 1.50. The zero-order valence-electron chi connectivity index (χ0n) is 8.58. The second kappa shape index (κ2) is 6.65. The fourth-order valence-electron chi connectivity index (χ4n) is 0.881. The van der Waals surface area contributed by atoms with E-state index >= 15 is 0 Å². The standard InChI is InChI=1S/C9H15ClO4/c1-4-13-9(12)5-8(10)6(2)14-7(3)11/h6,8H,4-5H2,1-3H3/t6-,8-/m1/s1. The molecule has 0 spiro atoms. The summed E-state index contributed by atoms with van der Waals surface area (Å²) in [5.41, 5.74) is 0. The van der Waals surface area contributed by atoms with Gasteiger partial charge in [0.25, 0.3) is 0 Å². The molecule has 0 aromatic rings. The minimum atomic E-state index is -0.544. The average molecular weight is 223 g/mol. The van der Waals surface area contributed by atoms with Crippen molar-refractivity contribution >= 4 is 23.5 Å². The monoisotopic (exact) mass is 222 g/mol. The molecule has 0 bridgehead atoms. The lowest BCUT2D eigenvalue weighted by molar-refractivity contribution is -0.149. The molecule has 5 heteroatoms. The molecule has 0 N–H and O–H groups in total. The third-order valence-electron chi connectivity index (χ3n) is 1.53. The maximum atomic E-state index is 11.0. The van der Waals surface area contributed by atoms with Crippen molar-refractivity contribution in [1.29, 1.82) is 0 Å². The summed E-state index contributed by atoms with van der Waals surface area (Å²) in [6.45, 7) is 4.98. The van der Waals surface area contributed by atoms with Crippen molar-refractivity contribution in [3.8, 4) is 0 Å². The van der Waals surface area contributed by atoms with Gasteiger partial charge >= 0.3 is 11.9 Å². The van der Waals surface area contributed by atoms with Gasteiger partial charge in [-0.15, -0.1) is 11.6 Å². The first-order valence-corrected chi connectivity index (χ1v) is 4.88. The third-order valence-corrected chi connectivity index (χ3v) is 2.04. The second-order valence-corrected chi connectivity index (χ2v) is 3.40. The molecular weight excluding hydrogens is 208 g/mol. The molecule has 0 amide bonds. The van der Waals surface area contributed by atoms with E-state index in [9.17, 15) is 9.59 Å². The number of rotatable bonds is 5. The molecule has 0 aliphatic rings. The highest BCUT2D eigenvalue weighted by Gasteiger charge is 2.20. The molecule has 0 radical (unpaired) electrons. The Kier molecular flexibility index (Phi) is 6.28. The van der Waals surface area contributed by atoms with Crippen LogP contribution >= 0.6 is 11.6 Å². The first kappa shape index (κ1) is 13.2. The summed E-state index contributed by atoms with van der Waals surface area (Å²) in [4.78, 5) is 21.6. The summed E-state index contributed by atoms with van der Waals surface area (Å²) in [6, 6.07) is 0. The number of carbonyl (C=O) groups is 2. The van der Waals surface area contributed by atoms with E-state index in [0.29, 0.717) is 6.61 Å². The summed E-state index contributed by atoms with van der Waals surface area (Å²) in [5, 5.41) is -0.544. The lowest BCUT2D eigenvalue weighted by atomic mass is 10.2. The number of hydrogen-bond acceptors (Lipinski definition) is 4. The molecule has 0 aliphatic carbocycles. The molecule has 0 aliphatic heterocycles. The van der Waals surface area contributed by atoms with E-state index in [1.165, 1.54) is 6.92 Å². The highest BCUT2D eigenvalue weighted by Crippen LogP contribution is 2.12. The van der Waals surface area contributed by atoms with Crippen LogP contribution in [0.4, 0.5) is 0 Å². The van der Waals surface area contributed by atoms with Crippen LogP contribution in [0.25, 0.3) is 0 Å². The van der Waals surface area contributed by atoms with Crippen LogP contribution in [-0.4, -0.2) is 30.0 Å². The second-order valence-electron chi connectivity index (χ2n) is 2.84. The van der Waals surface area contributed by atoms with Gasteiger partial charge in [0.2, 0.25) is 0 Å². The van der Waals surface area contributed by atoms with Crippen LogP contribution in [0.3, 0.4) is 0 Å². The van der Waals surface area contributed by atoms with Gasteiger partial charge in [0, 0.05) is 6.92 Å². The molecule has 4 nitrogen and oxygen atoms in total. The molecule has 82 valence electrons. The predicted molar refractivity (Wildman–Crippen MR) is 52.1 cm³/mol. The normalized spacial score (nSPS) is 14.3. The van der Waals surface area contributed by atoms with E-state index in [-0.39, 0.29) is 12.4 Å². The van der Waals surface area contributed by atoms with Crippen LogP contribution in [0, 0.1) is 0 Å². The lowest BCUT2D eigenvalue weighted by Gasteiger charge is -2.16. The van der Waals surface area contributed by atoms with Crippen molar-refractivity contribution in [1.82, 2.24) is 0 Å². The van der Waals surface area contributed by atoms with Crippen LogP contribution in [-0.2, 0) is 19.1 Å². The molecule has 0 fully saturated rings. The van der Waals surface area contributed by atoms with E-state index in [1.54, 1.807) is 13.8 Å². The lowest BCUT2D eigenvalue weighted by Crippen LogP contribution is -2.26. The van der Waals surface area contributed by atoms with E-state index in [0.717, 1.165) is 0 Å². The van der Waals surface area contributed by atoms with Crippen LogP contribution in [0.5, 0.6) is 0 Å². The number of alkyl halides is 1.